The molecule has 0 heterocycles. The van der Waals surface area contributed by atoms with Gasteiger partial charge in [-0.3, -0.25) is 0 Å². The lowest BCUT2D eigenvalue weighted by atomic mass is 10.0. The van der Waals surface area contributed by atoms with Crippen molar-refractivity contribution >= 4 is 0 Å². The highest BCUT2D eigenvalue weighted by Crippen LogP contribution is 2.48. The molecule has 0 fully saturated rings. The molecule has 0 unspecified atom stereocenters. The standard InChI is InChI=1S/C16H27F7/c1-2-3-4-5-6-7-8-9-10-11-12-13-14(17,18)15(19,20)16(21,22)23/h2-13H2,1H3. The number of hydrogen-bond donors (Lipinski definition) is 0. The Morgan fingerprint density at radius 3 is 1.22 bits per heavy atom. The van der Waals surface area contributed by atoms with Gasteiger partial charge in [-0.1, -0.05) is 71.1 Å². The van der Waals surface area contributed by atoms with Gasteiger partial charge in [-0.2, -0.15) is 30.7 Å². The maximum Gasteiger partial charge on any atom is 0.459 e. The van der Waals surface area contributed by atoms with Crippen LogP contribution in [-0.2, 0) is 0 Å². The van der Waals surface area contributed by atoms with Gasteiger partial charge in [-0.15, -0.1) is 0 Å². The second kappa shape index (κ2) is 10.4. The summed E-state index contributed by atoms with van der Waals surface area (Å²) >= 11 is 0. The van der Waals surface area contributed by atoms with Crippen molar-refractivity contribution in [3.8, 4) is 0 Å². The van der Waals surface area contributed by atoms with Crippen LogP contribution < -0.4 is 0 Å². The number of rotatable bonds is 13. The third-order valence-electron chi connectivity index (χ3n) is 3.91. The Morgan fingerprint density at radius 2 is 0.870 bits per heavy atom. The van der Waals surface area contributed by atoms with Crippen LogP contribution in [0.3, 0.4) is 0 Å². The van der Waals surface area contributed by atoms with E-state index in [4.69, 9.17) is 0 Å². The fourth-order valence-corrected chi connectivity index (χ4v) is 2.38. The van der Waals surface area contributed by atoms with Crippen molar-refractivity contribution in [3.63, 3.8) is 0 Å². The molecule has 0 N–H and O–H groups in total. The molecule has 7 heteroatoms. The Hall–Kier alpha value is -0.490. The molecule has 0 bridgehead atoms. The molecular formula is C16H27F7. The van der Waals surface area contributed by atoms with E-state index in [2.05, 4.69) is 6.92 Å². The van der Waals surface area contributed by atoms with E-state index in [1.54, 1.807) is 0 Å². The van der Waals surface area contributed by atoms with Crippen molar-refractivity contribution in [1.82, 2.24) is 0 Å². The third-order valence-corrected chi connectivity index (χ3v) is 3.91. The average molecular weight is 352 g/mol. The van der Waals surface area contributed by atoms with Crippen LogP contribution in [0.15, 0.2) is 0 Å². The molecule has 0 aliphatic carbocycles. The van der Waals surface area contributed by atoms with Crippen molar-refractivity contribution < 1.29 is 30.7 Å². The molecule has 0 atom stereocenters. The van der Waals surface area contributed by atoms with Crippen LogP contribution in [0.1, 0.15) is 84.0 Å². The van der Waals surface area contributed by atoms with Crippen molar-refractivity contribution in [3.05, 3.63) is 0 Å². The first kappa shape index (κ1) is 22.5. The summed E-state index contributed by atoms with van der Waals surface area (Å²) in [5, 5.41) is 0. The van der Waals surface area contributed by atoms with Gasteiger partial charge in [0.25, 0.3) is 0 Å². The van der Waals surface area contributed by atoms with Gasteiger partial charge in [0, 0.05) is 6.42 Å². The molecule has 0 saturated carbocycles. The summed E-state index contributed by atoms with van der Waals surface area (Å²) in [6.07, 6.45) is 1.56. The van der Waals surface area contributed by atoms with Crippen LogP contribution in [0.5, 0.6) is 0 Å². The fourth-order valence-electron chi connectivity index (χ4n) is 2.38. The summed E-state index contributed by atoms with van der Waals surface area (Å²) in [6.45, 7) is 2.13. The number of alkyl halides is 7. The van der Waals surface area contributed by atoms with Crippen LogP contribution in [0.25, 0.3) is 0 Å². The first-order valence-corrected chi connectivity index (χ1v) is 8.38. The summed E-state index contributed by atoms with van der Waals surface area (Å²) in [5.41, 5.74) is 0. The zero-order chi connectivity index (χ0) is 18.0. The molecule has 0 aromatic carbocycles. The normalized spacial score (nSPS) is 13.6. The molecule has 0 saturated heterocycles. The summed E-state index contributed by atoms with van der Waals surface area (Å²) in [5.74, 6) is -11.0. The Labute approximate surface area is 133 Å². The zero-order valence-electron chi connectivity index (χ0n) is 13.6. The lowest BCUT2D eigenvalue weighted by molar-refractivity contribution is -0.355. The van der Waals surface area contributed by atoms with Crippen LogP contribution >= 0.6 is 0 Å². The highest BCUT2D eigenvalue weighted by atomic mass is 19.4. The predicted molar refractivity (Wildman–Crippen MR) is 77.0 cm³/mol. The quantitative estimate of drug-likeness (QED) is 0.237. The predicted octanol–water partition coefficient (Wildman–Crippen LogP) is 7.52. The first-order chi connectivity index (χ1) is 10.6. The van der Waals surface area contributed by atoms with Gasteiger partial charge < -0.3 is 0 Å². The Balaban J connectivity index is 3.72. The van der Waals surface area contributed by atoms with Gasteiger partial charge in [-0.25, -0.2) is 0 Å². The van der Waals surface area contributed by atoms with Crippen LogP contribution in [-0.4, -0.2) is 18.0 Å². The molecule has 0 aromatic rings. The van der Waals surface area contributed by atoms with Gasteiger partial charge in [0.1, 0.15) is 0 Å². The molecule has 0 aliphatic heterocycles. The van der Waals surface area contributed by atoms with E-state index in [9.17, 15) is 30.7 Å². The van der Waals surface area contributed by atoms with Gasteiger partial charge in [0.15, 0.2) is 0 Å². The van der Waals surface area contributed by atoms with Crippen LogP contribution in [0, 0.1) is 0 Å². The minimum absolute atomic E-state index is 0.249. The van der Waals surface area contributed by atoms with Crippen molar-refractivity contribution in [1.29, 1.82) is 0 Å². The van der Waals surface area contributed by atoms with Crippen molar-refractivity contribution in [2.75, 3.05) is 0 Å². The molecule has 0 amide bonds. The Kier molecular flexibility index (Phi) is 10.2. The molecule has 0 aliphatic rings. The van der Waals surface area contributed by atoms with E-state index in [1.165, 1.54) is 25.7 Å². The topological polar surface area (TPSA) is 0 Å². The minimum atomic E-state index is -6.21. The van der Waals surface area contributed by atoms with Crippen molar-refractivity contribution in [2.24, 2.45) is 0 Å². The minimum Gasteiger partial charge on any atom is -0.200 e. The van der Waals surface area contributed by atoms with E-state index in [0.717, 1.165) is 25.7 Å². The second-order valence-electron chi connectivity index (χ2n) is 6.06. The van der Waals surface area contributed by atoms with E-state index in [0.29, 0.717) is 6.42 Å². The smallest absolute Gasteiger partial charge is 0.200 e. The third kappa shape index (κ3) is 8.25. The molecule has 140 valence electrons. The molecule has 0 aromatic heterocycles. The Morgan fingerprint density at radius 1 is 0.522 bits per heavy atom. The molecular weight excluding hydrogens is 325 g/mol. The summed E-state index contributed by atoms with van der Waals surface area (Å²) in [7, 11) is 0. The SMILES string of the molecule is CCCCCCCCCCCCCC(F)(F)C(F)(F)C(F)(F)F. The maximum absolute atomic E-state index is 13.0. The highest BCUT2D eigenvalue weighted by molar-refractivity contribution is 4.90. The van der Waals surface area contributed by atoms with E-state index >= 15 is 0 Å². The molecule has 0 rings (SSSR count). The largest absolute Gasteiger partial charge is 0.459 e. The number of halogens is 7. The maximum atomic E-state index is 13.0. The molecule has 0 radical (unpaired) electrons. The van der Waals surface area contributed by atoms with E-state index < -0.39 is 24.4 Å². The van der Waals surface area contributed by atoms with E-state index in [1.807, 2.05) is 0 Å². The average Bonchev–Trinajstić information content (AvgIpc) is 2.43. The van der Waals surface area contributed by atoms with Gasteiger partial charge in [0.05, 0.1) is 0 Å². The molecule has 23 heavy (non-hydrogen) atoms. The van der Waals surface area contributed by atoms with Crippen LogP contribution in [0.4, 0.5) is 30.7 Å². The van der Waals surface area contributed by atoms with E-state index in [-0.39, 0.29) is 12.8 Å². The summed E-state index contributed by atoms with van der Waals surface area (Å²) < 4.78 is 87.1. The van der Waals surface area contributed by atoms with Gasteiger partial charge in [0.2, 0.25) is 0 Å². The molecule has 0 spiro atoms. The van der Waals surface area contributed by atoms with Crippen molar-refractivity contribution in [2.45, 2.75) is 102 Å². The fraction of sp³-hybridized carbons (Fsp3) is 1.00. The van der Waals surface area contributed by atoms with Crippen LogP contribution in [0.2, 0.25) is 0 Å². The zero-order valence-corrected chi connectivity index (χ0v) is 13.6. The lowest BCUT2D eigenvalue weighted by Crippen LogP contribution is -2.51. The second-order valence-corrected chi connectivity index (χ2v) is 6.06. The Bertz CT molecular complexity index is 297. The lowest BCUT2D eigenvalue weighted by Gasteiger charge is -2.28. The number of hydrogen-bond acceptors (Lipinski definition) is 0. The monoisotopic (exact) mass is 352 g/mol. The highest BCUT2D eigenvalue weighted by Gasteiger charge is 2.72. The number of unbranched alkanes of at least 4 members (excludes halogenated alkanes) is 10. The first-order valence-electron chi connectivity index (χ1n) is 8.38. The molecule has 0 nitrogen and oxygen atoms in total. The summed E-state index contributed by atoms with van der Waals surface area (Å²) in [4.78, 5) is 0. The summed E-state index contributed by atoms with van der Waals surface area (Å²) in [6, 6.07) is 0. The van der Waals surface area contributed by atoms with Gasteiger partial charge >= 0.3 is 18.0 Å². The van der Waals surface area contributed by atoms with Gasteiger partial charge in [-0.05, 0) is 6.42 Å².